The number of hydrogen-bond donors (Lipinski definition) is 2. The summed E-state index contributed by atoms with van der Waals surface area (Å²) in [6, 6.07) is 1.81. The zero-order valence-electron chi connectivity index (χ0n) is 14.5. The summed E-state index contributed by atoms with van der Waals surface area (Å²) < 4.78 is 0. The molecule has 0 amide bonds. The first kappa shape index (κ1) is 17.4. The average Bonchev–Trinajstić information content (AvgIpc) is 3.11. The molecule has 0 aromatic carbocycles. The molecule has 0 saturated carbocycles. The van der Waals surface area contributed by atoms with Crippen molar-refractivity contribution in [3.8, 4) is 5.88 Å². The van der Waals surface area contributed by atoms with Gasteiger partial charge in [-0.3, -0.25) is 0 Å². The largest absolute Gasteiger partial charge is 0.492 e. The number of H-pyrrole nitrogens is 1. The summed E-state index contributed by atoms with van der Waals surface area (Å²) in [5, 5.41) is 10.7. The minimum atomic E-state index is -0.0428. The van der Waals surface area contributed by atoms with Crippen molar-refractivity contribution in [1.29, 1.82) is 0 Å². The van der Waals surface area contributed by atoms with Gasteiger partial charge in [0.1, 0.15) is 5.69 Å². The monoisotopic (exact) mass is 360 g/mol. The fourth-order valence-electron chi connectivity index (χ4n) is 2.59. The van der Waals surface area contributed by atoms with Crippen LogP contribution in [0, 0.1) is 0 Å². The van der Waals surface area contributed by atoms with Gasteiger partial charge in [0.2, 0.25) is 11.8 Å². The summed E-state index contributed by atoms with van der Waals surface area (Å²) in [5.74, 6) is 1.21. The van der Waals surface area contributed by atoms with Crippen LogP contribution in [0.1, 0.15) is 17.7 Å². The smallest absolute Gasteiger partial charge is 0.238 e. The maximum Gasteiger partial charge on any atom is 0.238 e. The van der Waals surface area contributed by atoms with E-state index in [2.05, 4.69) is 24.8 Å². The van der Waals surface area contributed by atoms with Gasteiger partial charge in [-0.15, -0.1) is 0 Å². The van der Waals surface area contributed by atoms with Gasteiger partial charge in [0, 0.05) is 37.1 Å². The Morgan fingerprint density at radius 2 is 2.08 bits per heavy atom. The van der Waals surface area contributed by atoms with Crippen LogP contribution in [-0.4, -0.2) is 65.4 Å². The number of aromatic amines is 1. The predicted molar refractivity (Wildman–Crippen MR) is 102 cm³/mol. The first-order valence-electron chi connectivity index (χ1n) is 8.00. The van der Waals surface area contributed by atoms with Crippen molar-refractivity contribution in [1.82, 2.24) is 19.9 Å². The van der Waals surface area contributed by atoms with E-state index >= 15 is 0 Å². The zero-order valence-corrected chi connectivity index (χ0v) is 15.2. The minimum absolute atomic E-state index is 0.0428. The molecule has 132 valence electrons. The van der Waals surface area contributed by atoms with Gasteiger partial charge in [-0.1, -0.05) is 11.6 Å². The van der Waals surface area contributed by atoms with Crippen LogP contribution in [0.25, 0.3) is 11.6 Å². The Hall–Kier alpha value is -2.38. The predicted octanol–water partition coefficient (Wildman–Crippen LogP) is 2.81. The quantitative estimate of drug-likeness (QED) is 0.828. The lowest BCUT2D eigenvalue weighted by atomic mass is 10.1. The summed E-state index contributed by atoms with van der Waals surface area (Å²) in [4.78, 5) is 19.9. The van der Waals surface area contributed by atoms with Crippen LogP contribution in [-0.2, 0) is 0 Å². The summed E-state index contributed by atoms with van der Waals surface area (Å²) in [7, 11) is 6.04. The highest BCUT2D eigenvalue weighted by molar-refractivity contribution is 6.31. The minimum Gasteiger partial charge on any atom is -0.492 e. The van der Waals surface area contributed by atoms with E-state index in [1.807, 2.05) is 32.1 Å². The number of aromatic hydroxyl groups is 1. The van der Waals surface area contributed by atoms with Crippen molar-refractivity contribution < 1.29 is 5.11 Å². The van der Waals surface area contributed by atoms with Gasteiger partial charge in [0.05, 0.1) is 5.02 Å². The molecular formula is C17H21ClN6O. The maximum absolute atomic E-state index is 10.1. The average molecular weight is 361 g/mol. The van der Waals surface area contributed by atoms with Crippen molar-refractivity contribution in [2.24, 2.45) is 4.99 Å². The molecule has 1 aliphatic rings. The molecule has 7 nitrogen and oxygen atoms in total. The van der Waals surface area contributed by atoms with Crippen LogP contribution in [0.2, 0.25) is 5.02 Å². The van der Waals surface area contributed by atoms with E-state index in [9.17, 15) is 5.11 Å². The number of imidazole rings is 1. The Kier molecular flexibility index (Phi) is 5.06. The van der Waals surface area contributed by atoms with Crippen molar-refractivity contribution in [3.05, 3.63) is 28.5 Å². The SMILES string of the molecule is CN(C)CCCN(C)c1nc(O)c(C=C2C=Nc3ncc(Cl)cc32)[nH]1. The lowest BCUT2D eigenvalue weighted by Crippen LogP contribution is -2.24. The number of anilines is 1. The van der Waals surface area contributed by atoms with Crippen LogP contribution in [0.3, 0.4) is 0 Å². The van der Waals surface area contributed by atoms with E-state index in [-0.39, 0.29) is 5.88 Å². The highest BCUT2D eigenvalue weighted by Crippen LogP contribution is 2.33. The number of nitrogens with one attached hydrogen (secondary N) is 1. The Morgan fingerprint density at radius 1 is 1.28 bits per heavy atom. The first-order chi connectivity index (χ1) is 11.9. The molecule has 0 radical (unpaired) electrons. The Bertz CT molecular complexity index is 827. The van der Waals surface area contributed by atoms with Crippen LogP contribution >= 0.6 is 11.6 Å². The Morgan fingerprint density at radius 3 is 2.84 bits per heavy atom. The van der Waals surface area contributed by atoms with Gasteiger partial charge >= 0.3 is 0 Å². The third-order valence-corrected chi connectivity index (χ3v) is 4.14. The van der Waals surface area contributed by atoms with Crippen LogP contribution in [0.5, 0.6) is 5.88 Å². The number of aliphatic imine (C=N–C) groups is 1. The van der Waals surface area contributed by atoms with E-state index in [1.165, 1.54) is 0 Å². The third kappa shape index (κ3) is 4.00. The van der Waals surface area contributed by atoms with E-state index in [1.54, 1.807) is 18.5 Å². The van der Waals surface area contributed by atoms with E-state index in [0.717, 1.165) is 30.6 Å². The van der Waals surface area contributed by atoms with Gasteiger partial charge in [-0.25, -0.2) is 9.98 Å². The summed E-state index contributed by atoms with van der Waals surface area (Å²) in [6.07, 6.45) is 6.07. The lowest BCUT2D eigenvalue weighted by Gasteiger charge is -2.17. The standard InChI is InChI=1S/C17H21ClN6O/c1-23(2)5-4-6-24(3)17-21-14(16(25)22-17)7-11-9-19-15-13(11)8-12(18)10-20-15/h7-10,25H,4-6H2,1-3H3,(H,21,22). The number of hydrogen-bond acceptors (Lipinski definition) is 6. The van der Waals surface area contributed by atoms with Gasteiger partial charge in [-0.2, -0.15) is 4.98 Å². The number of nitrogens with zero attached hydrogens (tertiary/aromatic N) is 5. The molecule has 0 bridgehead atoms. The third-order valence-electron chi connectivity index (χ3n) is 3.93. The Balaban J connectivity index is 1.78. The lowest BCUT2D eigenvalue weighted by molar-refractivity contribution is 0.401. The van der Waals surface area contributed by atoms with Gasteiger partial charge in [0.25, 0.3) is 0 Å². The maximum atomic E-state index is 10.1. The van der Waals surface area contributed by atoms with Crippen LogP contribution in [0.4, 0.5) is 11.8 Å². The molecule has 0 unspecified atom stereocenters. The molecular weight excluding hydrogens is 340 g/mol. The van der Waals surface area contributed by atoms with E-state index in [4.69, 9.17) is 11.6 Å². The van der Waals surface area contributed by atoms with Crippen molar-refractivity contribution in [2.45, 2.75) is 6.42 Å². The molecule has 0 spiro atoms. The van der Waals surface area contributed by atoms with Gasteiger partial charge in [0.15, 0.2) is 5.82 Å². The van der Waals surface area contributed by atoms with Crippen molar-refractivity contribution >= 4 is 41.2 Å². The van der Waals surface area contributed by atoms with Crippen molar-refractivity contribution in [2.75, 3.05) is 39.1 Å². The molecule has 2 N–H and O–H groups in total. The van der Waals surface area contributed by atoms with Crippen molar-refractivity contribution in [3.63, 3.8) is 0 Å². The molecule has 3 heterocycles. The highest BCUT2D eigenvalue weighted by atomic mass is 35.5. The molecule has 3 rings (SSSR count). The number of fused-ring (bicyclic) bond motifs is 1. The molecule has 8 heteroatoms. The molecule has 0 saturated heterocycles. The second kappa shape index (κ2) is 7.25. The zero-order chi connectivity index (χ0) is 18.0. The first-order valence-corrected chi connectivity index (χ1v) is 8.38. The summed E-state index contributed by atoms with van der Waals surface area (Å²) >= 11 is 6.01. The molecule has 1 aliphatic heterocycles. The fraction of sp³-hybridized carbons (Fsp3) is 0.353. The normalized spacial score (nSPS) is 14.5. The van der Waals surface area contributed by atoms with Gasteiger partial charge < -0.3 is 19.9 Å². The molecule has 0 atom stereocenters. The number of halogens is 1. The summed E-state index contributed by atoms with van der Waals surface area (Å²) in [6.45, 7) is 1.83. The van der Waals surface area contributed by atoms with Crippen LogP contribution < -0.4 is 4.90 Å². The number of aromatic nitrogens is 3. The second-order valence-corrected chi connectivity index (χ2v) is 6.70. The van der Waals surface area contributed by atoms with E-state index < -0.39 is 0 Å². The molecule has 2 aromatic rings. The molecule has 0 aliphatic carbocycles. The molecule has 25 heavy (non-hydrogen) atoms. The molecule has 2 aromatic heterocycles. The number of rotatable bonds is 6. The number of allylic oxidation sites excluding steroid dienone is 1. The fourth-order valence-corrected chi connectivity index (χ4v) is 2.75. The van der Waals surface area contributed by atoms with Crippen LogP contribution in [0.15, 0.2) is 17.3 Å². The number of pyridine rings is 1. The highest BCUT2D eigenvalue weighted by Gasteiger charge is 2.17. The second-order valence-electron chi connectivity index (χ2n) is 6.26. The molecule has 0 fully saturated rings. The summed E-state index contributed by atoms with van der Waals surface area (Å²) in [5.41, 5.74) is 2.19. The Labute approximate surface area is 151 Å². The topological polar surface area (TPSA) is 80.6 Å². The van der Waals surface area contributed by atoms with Gasteiger partial charge in [-0.05, 0) is 39.2 Å². The van der Waals surface area contributed by atoms with E-state index in [0.29, 0.717) is 22.5 Å².